The Labute approximate surface area is 128 Å². The lowest BCUT2D eigenvalue weighted by molar-refractivity contribution is -0.151. The van der Waals surface area contributed by atoms with Crippen molar-refractivity contribution in [2.24, 2.45) is 5.92 Å². The molecule has 0 saturated heterocycles. The van der Waals surface area contributed by atoms with Crippen molar-refractivity contribution in [3.63, 3.8) is 0 Å². The Hall–Kier alpha value is -0.220. The van der Waals surface area contributed by atoms with Gasteiger partial charge < -0.3 is 10.1 Å². The number of esters is 1. The Morgan fingerprint density at radius 1 is 1.30 bits per heavy atom. The lowest BCUT2D eigenvalue weighted by atomic mass is 9.84. The maximum atomic E-state index is 11.9. The van der Waals surface area contributed by atoms with E-state index in [-0.39, 0.29) is 11.6 Å². The summed E-state index contributed by atoms with van der Waals surface area (Å²) in [7, 11) is 0. The molecule has 4 heteroatoms. The quantitative estimate of drug-likeness (QED) is 0.761. The molecule has 0 aromatic heterocycles. The van der Waals surface area contributed by atoms with Gasteiger partial charge in [-0.3, -0.25) is 4.79 Å². The van der Waals surface area contributed by atoms with E-state index in [0.29, 0.717) is 17.0 Å². The van der Waals surface area contributed by atoms with E-state index in [1.54, 1.807) is 11.8 Å². The number of rotatable bonds is 6. The van der Waals surface area contributed by atoms with Crippen molar-refractivity contribution in [1.82, 2.24) is 5.32 Å². The Morgan fingerprint density at radius 2 is 2.00 bits per heavy atom. The summed E-state index contributed by atoms with van der Waals surface area (Å²) < 4.78 is 5.40. The summed E-state index contributed by atoms with van der Waals surface area (Å²) in [6.07, 6.45) is 5.03. The maximum Gasteiger partial charge on any atom is 0.316 e. The zero-order valence-corrected chi connectivity index (χ0v) is 14.5. The summed E-state index contributed by atoms with van der Waals surface area (Å²) >= 11 is 1.78. The molecule has 118 valence electrons. The van der Waals surface area contributed by atoms with Crippen LogP contribution in [0.4, 0.5) is 0 Å². The first-order chi connectivity index (χ1) is 9.35. The summed E-state index contributed by atoms with van der Waals surface area (Å²) in [6, 6.07) is 0.551. The van der Waals surface area contributed by atoms with Crippen molar-refractivity contribution in [2.75, 3.05) is 12.3 Å². The molecule has 0 aromatic rings. The molecule has 3 unspecified atom stereocenters. The third kappa shape index (κ3) is 6.49. The van der Waals surface area contributed by atoms with Gasteiger partial charge in [-0.05, 0) is 52.5 Å². The van der Waals surface area contributed by atoms with Gasteiger partial charge in [0.2, 0.25) is 0 Å². The SMILES string of the molecule is CCNC1CCC(CC)CC1SCC(=O)OC(C)(C)C. The van der Waals surface area contributed by atoms with Crippen LogP contribution in [0.5, 0.6) is 0 Å². The van der Waals surface area contributed by atoms with E-state index in [4.69, 9.17) is 4.74 Å². The molecule has 0 aliphatic heterocycles. The van der Waals surface area contributed by atoms with Gasteiger partial charge in [0.25, 0.3) is 0 Å². The van der Waals surface area contributed by atoms with Gasteiger partial charge in [-0.15, -0.1) is 11.8 Å². The number of thioether (sulfide) groups is 1. The Bertz CT molecular complexity index is 301. The summed E-state index contributed by atoms with van der Waals surface area (Å²) in [5.74, 6) is 1.21. The number of hydrogen-bond acceptors (Lipinski definition) is 4. The highest BCUT2D eigenvalue weighted by atomic mass is 32.2. The molecule has 0 heterocycles. The molecule has 1 fully saturated rings. The highest BCUT2D eigenvalue weighted by Gasteiger charge is 2.30. The van der Waals surface area contributed by atoms with Crippen LogP contribution in [0, 0.1) is 5.92 Å². The minimum atomic E-state index is -0.378. The predicted octanol–water partition coefficient (Wildman–Crippen LogP) is 3.62. The second-order valence-electron chi connectivity index (χ2n) is 6.69. The van der Waals surface area contributed by atoms with Crippen molar-refractivity contribution < 1.29 is 9.53 Å². The minimum Gasteiger partial charge on any atom is -0.459 e. The van der Waals surface area contributed by atoms with Gasteiger partial charge in [-0.1, -0.05) is 20.3 Å². The Morgan fingerprint density at radius 3 is 2.55 bits per heavy atom. The van der Waals surface area contributed by atoms with Gasteiger partial charge in [0.15, 0.2) is 0 Å². The smallest absolute Gasteiger partial charge is 0.316 e. The standard InChI is InChI=1S/C16H31NO2S/c1-6-12-8-9-13(17-7-2)14(10-12)20-11-15(18)19-16(3,4)5/h12-14,17H,6-11H2,1-5H3. The molecule has 1 saturated carbocycles. The van der Waals surface area contributed by atoms with Gasteiger partial charge in [-0.2, -0.15) is 0 Å². The largest absolute Gasteiger partial charge is 0.459 e. The molecule has 1 aliphatic rings. The summed E-state index contributed by atoms with van der Waals surface area (Å²) in [6.45, 7) is 11.2. The second-order valence-corrected chi connectivity index (χ2v) is 7.91. The monoisotopic (exact) mass is 301 g/mol. The number of nitrogens with one attached hydrogen (secondary N) is 1. The number of ether oxygens (including phenoxy) is 1. The van der Waals surface area contributed by atoms with E-state index in [0.717, 1.165) is 12.5 Å². The van der Waals surface area contributed by atoms with Crippen LogP contribution in [0.15, 0.2) is 0 Å². The van der Waals surface area contributed by atoms with Crippen LogP contribution >= 0.6 is 11.8 Å². The molecule has 20 heavy (non-hydrogen) atoms. The fourth-order valence-electron chi connectivity index (χ4n) is 2.81. The Balaban J connectivity index is 2.46. The van der Waals surface area contributed by atoms with Gasteiger partial charge in [0.1, 0.15) is 5.60 Å². The van der Waals surface area contributed by atoms with Crippen LogP contribution < -0.4 is 5.32 Å². The van der Waals surface area contributed by atoms with E-state index in [9.17, 15) is 4.79 Å². The van der Waals surface area contributed by atoms with Crippen molar-refractivity contribution in [2.45, 2.75) is 77.2 Å². The zero-order chi connectivity index (χ0) is 15.2. The molecule has 0 radical (unpaired) electrons. The van der Waals surface area contributed by atoms with Crippen molar-refractivity contribution >= 4 is 17.7 Å². The summed E-state index contributed by atoms with van der Waals surface area (Å²) in [5, 5.41) is 4.12. The van der Waals surface area contributed by atoms with Crippen LogP contribution in [-0.4, -0.2) is 35.2 Å². The highest BCUT2D eigenvalue weighted by Crippen LogP contribution is 2.34. The van der Waals surface area contributed by atoms with Crippen LogP contribution in [-0.2, 0) is 9.53 Å². The second kappa shape index (κ2) is 8.28. The van der Waals surface area contributed by atoms with Crippen molar-refractivity contribution in [1.29, 1.82) is 0 Å². The summed E-state index contributed by atoms with van der Waals surface area (Å²) in [4.78, 5) is 11.9. The molecule has 0 spiro atoms. The first kappa shape index (κ1) is 17.8. The average Bonchev–Trinajstić information content (AvgIpc) is 2.36. The number of carbonyl (C=O) groups is 1. The minimum absolute atomic E-state index is 0.0867. The maximum absolute atomic E-state index is 11.9. The lowest BCUT2D eigenvalue weighted by Crippen LogP contribution is -2.43. The third-order valence-electron chi connectivity index (χ3n) is 3.78. The van der Waals surface area contributed by atoms with Crippen LogP contribution in [0.1, 0.15) is 60.3 Å². The molecule has 0 bridgehead atoms. The van der Waals surface area contributed by atoms with Gasteiger partial charge in [-0.25, -0.2) is 0 Å². The predicted molar refractivity (Wildman–Crippen MR) is 87.2 cm³/mol. The molecule has 3 nitrogen and oxygen atoms in total. The van der Waals surface area contributed by atoms with Gasteiger partial charge in [0.05, 0.1) is 5.75 Å². The fourth-order valence-corrected chi connectivity index (χ4v) is 4.09. The van der Waals surface area contributed by atoms with Gasteiger partial charge in [0, 0.05) is 11.3 Å². The molecule has 1 rings (SSSR count). The molecule has 1 aliphatic carbocycles. The molecule has 0 amide bonds. The van der Waals surface area contributed by atoms with Crippen molar-refractivity contribution in [3.05, 3.63) is 0 Å². The van der Waals surface area contributed by atoms with E-state index in [1.165, 1.54) is 25.7 Å². The molecule has 3 atom stereocenters. The Kier molecular flexibility index (Phi) is 7.38. The lowest BCUT2D eigenvalue weighted by Gasteiger charge is -2.36. The number of carbonyl (C=O) groups excluding carboxylic acids is 1. The first-order valence-electron chi connectivity index (χ1n) is 7.92. The fraction of sp³-hybridized carbons (Fsp3) is 0.938. The van der Waals surface area contributed by atoms with E-state index in [1.807, 2.05) is 20.8 Å². The van der Waals surface area contributed by atoms with Gasteiger partial charge >= 0.3 is 5.97 Å². The molecule has 0 aromatic carbocycles. The van der Waals surface area contributed by atoms with E-state index < -0.39 is 0 Å². The first-order valence-corrected chi connectivity index (χ1v) is 8.97. The van der Waals surface area contributed by atoms with Crippen LogP contribution in [0.25, 0.3) is 0 Å². The molecular weight excluding hydrogens is 270 g/mol. The number of hydrogen-bond donors (Lipinski definition) is 1. The summed E-state index contributed by atoms with van der Waals surface area (Å²) in [5.41, 5.74) is -0.378. The molecule has 1 N–H and O–H groups in total. The van der Waals surface area contributed by atoms with E-state index in [2.05, 4.69) is 19.2 Å². The van der Waals surface area contributed by atoms with Crippen molar-refractivity contribution in [3.8, 4) is 0 Å². The zero-order valence-electron chi connectivity index (χ0n) is 13.7. The molecular formula is C16H31NO2S. The highest BCUT2D eigenvalue weighted by molar-refractivity contribution is 8.00. The third-order valence-corrected chi connectivity index (χ3v) is 5.13. The van der Waals surface area contributed by atoms with E-state index >= 15 is 0 Å². The van der Waals surface area contributed by atoms with Crippen LogP contribution in [0.2, 0.25) is 0 Å². The average molecular weight is 301 g/mol. The normalized spacial score (nSPS) is 27.4. The topological polar surface area (TPSA) is 38.3 Å². The van der Waals surface area contributed by atoms with Crippen LogP contribution in [0.3, 0.4) is 0 Å².